The van der Waals surface area contributed by atoms with Crippen molar-refractivity contribution in [3.05, 3.63) is 30.3 Å². The van der Waals surface area contributed by atoms with Crippen LogP contribution < -0.4 is 5.43 Å². The Morgan fingerprint density at radius 2 is 1.50 bits per heavy atom. The summed E-state index contributed by atoms with van der Waals surface area (Å²) in [6, 6.07) is 6.85. The average Bonchev–Trinajstić information content (AvgIpc) is 2.32. The lowest BCUT2D eigenvalue weighted by molar-refractivity contribution is -0.0631. The summed E-state index contributed by atoms with van der Waals surface area (Å²) in [6.45, 7) is 0. The maximum atomic E-state index is 12.6. The highest BCUT2D eigenvalue weighted by molar-refractivity contribution is 6.66. The highest BCUT2D eigenvalue weighted by Crippen LogP contribution is 2.22. The van der Waals surface area contributed by atoms with Crippen molar-refractivity contribution in [3.8, 4) is 0 Å². The zero-order valence-electron chi connectivity index (χ0n) is 9.43. The number of alkyl halides is 6. The fourth-order valence-electron chi connectivity index (χ4n) is 0.949. The molecule has 10 heteroatoms. The number of para-hydroxylation sites is 1. The molecule has 0 fully saturated rings. The average molecular weight is 318 g/mol. The summed E-state index contributed by atoms with van der Waals surface area (Å²) in [5, 5.41) is 0.445. The van der Waals surface area contributed by atoms with Gasteiger partial charge in [-0.15, -0.1) is 0 Å². The molecule has 1 N–H and O–H groups in total. The molecule has 1 aromatic carbocycles. The van der Waals surface area contributed by atoms with Gasteiger partial charge >= 0.3 is 12.4 Å². The fourth-order valence-corrected chi connectivity index (χ4v) is 0.991. The smallest absolute Gasteiger partial charge is 0.256 e. The van der Waals surface area contributed by atoms with E-state index in [1.165, 1.54) is 29.7 Å². The second-order valence-corrected chi connectivity index (χ2v) is 3.66. The molecular formula is C10H6ClF6N3. The van der Waals surface area contributed by atoms with Gasteiger partial charge in [0.1, 0.15) is 0 Å². The zero-order chi connectivity index (χ0) is 15.4. The number of hydrogen-bond acceptors (Lipinski definition) is 2. The normalized spacial score (nSPS) is 14.3. The van der Waals surface area contributed by atoms with Crippen LogP contribution >= 0.6 is 11.6 Å². The number of hydrogen-bond donors (Lipinski definition) is 1. The molecule has 0 saturated carbocycles. The summed E-state index contributed by atoms with van der Waals surface area (Å²) >= 11 is 4.69. The second-order valence-electron chi connectivity index (χ2n) is 3.31. The van der Waals surface area contributed by atoms with Crippen molar-refractivity contribution < 1.29 is 26.3 Å². The lowest BCUT2D eigenvalue weighted by Crippen LogP contribution is -2.35. The highest BCUT2D eigenvalue weighted by Gasteiger charge is 2.38. The van der Waals surface area contributed by atoms with Crippen molar-refractivity contribution in [1.29, 1.82) is 0 Å². The molecule has 0 aliphatic heterocycles. The number of nitrogens with one attached hydrogen (secondary N) is 1. The number of nitrogens with zero attached hydrogens (tertiary/aromatic N) is 2. The summed E-state index contributed by atoms with van der Waals surface area (Å²) in [6.07, 6.45) is -10.1. The largest absolute Gasteiger partial charge is 0.451 e. The molecule has 110 valence electrons. The first-order chi connectivity index (χ1) is 9.10. The molecule has 0 aromatic heterocycles. The van der Waals surface area contributed by atoms with Gasteiger partial charge in [-0.1, -0.05) is 29.8 Å². The van der Waals surface area contributed by atoms with Gasteiger partial charge in [-0.25, -0.2) is 4.99 Å². The van der Waals surface area contributed by atoms with Crippen LogP contribution in [0.3, 0.4) is 0 Å². The first-order valence-electron chi connectivity index (χ1n) is 4.88. The SMILES string of the molecule is FC(F)(F)C(=Nc1ccccc1)N/N=C(\Cl)C(F)(F)F. The molecule has 20 heavy (non-hydrogen) atoms. The monoisotopic (exact) mass is 317 g/mol. The van der Waals surface area contributed by atoms with E-state index in [9.17, 15) is 26.3 Å². The highest BCUT2D eigenvalue weighted by atomic mass is 35.5. The van der Waals surface area contributed by atoms with Gasteiger partial charge in [0.25, 0.3) is 0 Å². The van der Waals surface area contributed by atoms with E-state index in [4.69, 9.17) is 11.6 Å². The molecule has 0 aliphatic carbocycles. The summed E-state index contributed by atoms with van der Waals surface area (Å²) in [7, 11) is 0. The number of rotatable bonds is 2. The maximum Gasteiger partial charge on any atom is 0.451 e. The Morgan fingerprint density at radius 1 is 0.950 bits per heavy atom. The van der Waals surface area contributed by atoms with Gasteiger partial charge in [-0.3, -0.25) is 5.43 Å². The molecule has 1 rings (SSSR count). The predicted molar refractivity (Wildman–Crippen MR) is 62.1 cm³/mol. The van der Waals surface area contributed by atoms with Crippen LogP contribution in [0.2, 0.25) is 0 Å². The molecular weight excluding hydrogens is 312 g/mol. The molecule has 0 bridgehead atoms. The molecule has 0 aliphatic rings. The lowest BCUT2D eigenvalue weighted by Gasteiger charge is -2.10. The standard InChI is InChI=1S/C10H6ClF6N3/c11-7(9(12,13)14)19-20-8(10(15,16)17)18-6-4-2-1-3-5-6/h1-5H,(H,18,20)/b19-7-. The maximum absolute atomic E-state index is 12.6. The van der Waals surface area contributed by atoms with Gasteiger partial charge in [0.05, 0.1) is 5.69 Å². The van der Waals surface area contributed by atoms with Gasteiger partial charge in [0.15, 0.2) is 0 Å². The van der Waals surface area contributed by atoms with Crippen LogP contribution in [0.4, 0.5) is 32.0 Å². The summed E-state index contributed by atoms with van der Waals surface area (Å²) < 4.78 is 73.7. The van der Waals surface area contributed by atoms with Gasteiger partial charge in [0, 0.05) is 0 Å². The molecule has 0 amide bonds. The number of amidine groups is 1. The Labute approximate surface area is 113 Å². The molecule has 0 atom stereocenters. The third-order valence-electron chi connectivity index (χ3n) is 1.76. The topological polar surface area (TPSA) is 36.8 Å². The minimum Gasteiger partial charge on any atom is -0.256 e. The van der Waals surface area contributed by atoms with E-state index < -0.39 is 23.4 Å². The quantitative estimate of drug-likeness (QED) is 0.381. The van der Waals surface area contributed by atoms with Gasteiger partial charge in [-0.05, 0) is 12.1 Å². The van der Waals surface area contributed by atoms with Crippen LogP contribution in [0.25, 0.3) is 0 Å². The van der Waals surface area contributed by atoms with Crippen LogP contribution in [0.15, 0.2) is 40.4 Å². The van der Waals surface area contributed by atoms with E-state index in [-0.39, 0.29) is 5.69 Å². The van der Waals surface area contributed by atoms with Crippen LogP contribution in [0.1, 0.15) is 0 Å². The molecule has 3 nitrogen and oxygen atoms in total. The predicted octanol–water partition coefficient (Wildman–Crippen LogP) is 3.98. The van der Waals surface area contributed by atoms with Crippen molar-refractivity contribution in [1.82, 2.24) is 5.43 Å². The first-order valence-corrected chi connectivity index (χ1v) is 5.26. The second kappa shape index (κ2) is 6.12. The molecule has 0 heterocycles. The van der Waals surface area contributed by atoms with Crippen molar-refractivity contribution in [2.24, 2.45) is 10.1 Å². The molecule has 1 aromatic rings. The fraction of sp³-hybridized carbons (Fsp3) is 0.200. The van der Waals surface area contributed by atoms with E-state index >= 15 is 0 Å². The van der Waals surface area contributed by atoms with Crippen molar-refractivity contribution in [3.63, 3.8) is 0 Å². The molecule has 0 spiro atoms. The molecule has 0 saturated heterocycles. The Kier molecular flexibility index (Phi) is 4.98. The summed E-state index contributed by atoms with van der Waals surface area (Å²) in [5.74, 6) is -1.72. The van der Waals surface area contributed by atoms with Crippen molar-refractivity contribution in [2.45, 2.75) is 12.4 Å². The van der Waals surface area contributed by atoms with E-state index in [0.29, 0.717) is 0 Å². The van der Waals surface area contributed by atoms with Gasteiger partial charge in [-0.2, -0.15) is 31.4 Å². The van der Waals surface area contributed by atoms with Crippen LogP contribution in [0, 0.1) is 0 Å². The van der Waals surface area contributed by atoms with Crippen LogP contribution in [-0.2, 0) is 0 Å². The Bertz CT molecular complexity index is 506. The molecule has 0 radical (unpaired) electrons. The third-order valence-corrected chi connectivity index (χ3v) is 2.06. The van der Waals surface area contributed by atoms with Crippen molar-refractivity contribution in [2.75, 3.05) is 0 Å². The summed E-state index contributed by atoms with van der Waals surface area (Å²) in [4.78, 5) is 3.13. The van der Waals surface area contributed by atoms with Gasteiger partial charge < -0.3 is 0 Å². The Balaban J connectivity index is 3.02. The first kappa shape index (κ1) is 16.3. The van der Waals surface area contributed by atoms with E-state index in [2.05, 4.69) is 10.1 Å². The van der Waals surface area contributed by atoms with Crippen LogP contribution in [0.5, 0.6) is 0 Å². The lowest BCUT2D eigenvalue weighted by atomic mass is 10.3. The number of benzene rings is 1. The number of hydrazone groups is 1. The number of halogens is 7. The number of aliphatic imine (C=N–C) groups is 1. The van der Waals surface area contributed by atoms with Crippen LogP contribution in [-0.4, -0.2) is 23.4 Å². The van der Waals surface area contributed by atoms with Crippen molar-refractivity contribution >= 4 is 28.3 Å². The molecule has 0 unspecified atom stereocenters. The Hall–Kier alpha value is -1.77. The summed E-state index contributed by atoms with van der Waals surface area (Å²) in [5.41, 5.74) is 1.07. The zero-order valence-corrected chi connectivity index (χ0v) is 10.2. The van der Waals surface area contributed by atoms with E-state index in [1.54, 1.807) is 6.07 Å². The van der Waals surface area contributed by atoms with E-state index in [0.717, 1.165) is 0 Å². The minimum absolute atomic E-state index is 0.106. The van der Waals surface area contributed by atoms with Gasteiger partial charge in [0.2, 0.25) is 11.0 Å². The third kappa shape index (κ3) is 5.08. The minimum atomic E-state index is -5.04. The van der Waals surface area contributed by atoms with E-state index in [1.807, 2.05) is 0 Å². The Morgan fingerprint density at radius 3 is 1.95 bits per heavy atom.